The van der Waals surface area contributed by atoms with Gasteiger partial charge in [-0.15, -0.1) is 0 Å². The van der Waals surface area contributed by atoms with Gasteiger partial charge in [0.05, 0.1) is 22.9 Å². The first-order valence-corrected chi connectivity index (χ1v) is 29.7. The molecule has 5 amide bonds. The van der Waals surface area contributed by atoms with Crippen LogP contribution in [0.25, 0.3) is 33.1 Å². The Hall–Kier alpha value is -5.96. The fourth-order valence-corrected chi connectivity index (χ4v) is 11.5. The summed E-state index contributed by atoms with van der Waals surface area (Å²) in [5.74, 6) is -1.91. The third-order valence-corrected chi connectivity index (χ3v) is 16.1. The molecule has 20 heteroatoms. The molecule has 1 aliphatic heterocycles. The average Bonchev–Trinajstić information content (AvgIpc) is 3.40. The summed E-state index contributed by atoms with van der Waals surface area (Å²) in [5.41, 5.74) is 5.84. The molecule has 0 aliphatic carbocycles. The molecule has 3 aromatic carbocycles. The lowest BCUT2D eigenvalue weighted by Crippen LogP contribution is -2.50. The molecule has 398 valence electrons. The number of amides is 5. The molecule has 17 nitrogen and oxygen atoms in total. The molecule has 1 saturated heterocycles. The highest BCUT2D eigenvalue weighted by molar-refractivity contribution is 8.76. The molecule has 6 rings (SSSR count). The zero-order chi connectivity index (χ0) is 53.0. The molecule has 74 heavy (non-hydrogen) atoms. The van der Waals surface area contributed by atoms with Gasteiger partial charge >= 0.3 is 11.2 Å². The Balaban J connectivity index is 0.958. The minimum atomic E-state index is -4.61. The monoisotopic (exact) mass is 1070 g/mol. The van der Waals surface area contributed by atoms with Crippen LogP contribution < -0.4 is 25.8 Å². The van der Waals surface area contributed by atoms with Gasteiger partial charge in [0.2, 0.25) is 23.6 Å². The molecule has 0 radical (unpaired) electrons. The zero-order valence-corrected chi connectivity index (χ0v) is 45.4. The van der Waals surface area contributed by atoms with Crippen molar-refractivity contribution in [2.45, 2.75) is 90.1 Å². The molecule has 0 spiro atoms. The first-order chi connectivity index (χ1) is 35.7. The number of pyridine rings is 1. The number of benzene rings is 3. The minimum Gasteiger partial charge on any atom is -0.372 e. The number of carbonyl (C=O) groups excluding carboxylic acids is 5. The predicted molar refractivity (Wildman–Crippen MR) is 297 cm³/mol. The molecular formula is C54H71N8O9S3+. The lowest BCUT2D eigenvalue weighted by molar-refractivity contribution is -0.133. The lowest BCUT2D eigenvalue weighted by atomic mass is 9.92. The van der Waals surface area contributed by atoms with E-state index in [4.69, 9.17) is 4.42 Å². The number of fused-ring (bicyclic) bond motifs is 2. The topological polar surface area (TPSA) is 213 Å². The fourth-order valence-electron chi connectivity index (χ4n) is 9.07. The van der Waals surface area contributed by atoms with E-state index in [2.05, 4.69) is 94.8 Å². The molecule has 2 aromatic heterocycles. The van der Waals surface area contributed by atoms with Crippen LogP contribution in [0, 0.1) is 0 Å². The van der Waals surface area contributed by atoms with E-state index in [0.29, 0.717) is 76.8 Å². The maximum Gasteiger partial charge on any atom is 0.363 e. The first-order valence-electron chi connectivity index (χ1n) is 25.7. The summed E-state index contributed by atoms with van der Waals surface area (Å²) < 4.78 is 39.7. The van der Waals surface area contributed by atoms with Crippen LogP contribution in [0.15, 0.2) is 94.5 Å². The molecule has 1 atom stereocenters. The fraction of sp³-hybridized carbons (Fsp3) is 0.463. The second-order valence-corrected chi connectivity index (χ2v) is 21.9. The van der Waals surface area contributed by atoms with Gasteiger partial charge in [0.25, 0.3) is 16.0 Å². The summed E-state index contributed by atoms with van der Waals surface area (Å²) in [5, 5.41) is 10.6. The van der Waals surface area contributed by atoms with Crippen LogP contribution in [0.3, 0.4) is 0 Å². The SMILES string of the molecule is CCN(CC)c1ccc2c(-c3ccccc3C(=O)N3CCN(C(=O)CCCCC(=O)NC(CS(=O)(=O)O)C(=O)NCCCCCC(=O)NCCSSc4ccccn4)CC3)c3ccc(N(CC)CC)cc3[o+]c2c1. The summed E-state index contributed by atoms with van der Waals surface area (Å²) >= 11 is 0. The largest absolute Gasteiger partial charge is 0.372 e. The van der Waals surface area contributed by atoms with Gasteiger partial charge in [0, 0.05) is 119 Å². The maximum absolute atomic E-state index is 14.5. The second kappa shape index (κ2) is 28.6. The highest BCUT2D eigenvalue weighted by Gasteiger charge is 2.30. The van der Waals surface area contributed by atoms with Crippen molar-refractivity contribution in [1.82, 2.24) is 30.7 Å². The quantitative estimate of drug-likeness (QED) is 0.0123. The van der Waals surface area contributed by atoms with E-state index in [1.165, 1.54) is 0 Å². The molecule has 1 aliphatic rings. The number of rotatable bonds is 28. The standard InChI is InChI=1S/C54H70N8O9S3/c1-5-59(6-2)39-24-26-43-46(36-39)71-47-37-40(60(7-3)8-4)25-27-44(47)52(43)41-18-11-12-19-42(41)54(67)62-33-31-61(32-34-62)51(65)23-14-13-21-49(64)58-45(38-74(68,69)70)53(66)57-29-16-9-10-20-48(63)55-30-35-72-73-50-22-15-17-28-56-50/h11-12,15,17-19,22,24-28,36-37,45H,5-10,13-14,16,20-21,23,29-35,38H2,1-4H3,(H3-,55,57,58,63,64,66,68,69,70)/p+1. The van der Waals surface area contributed by atoms with Crippen LogP contribution in [0.1, 0.15) is 89.4 Å². The maximum atomic E-state index is 14.5. The van der Waals surface area contributed by atoms with E-state index in [0.717, 1.165) is 81.4 Å². The summed E-state index contributed by atoms with van der Waals surface area (Å²) in [6, 6.07) is 24.4. The van der Waals surface area contributed by atoms with Crippen molar-refractivity contribution in [3.63, 3.8) is 0 Å². The summed E-state index contributed by atoms with van der Waals surface area (Å²) in [7, 11) is -1.46. The molecular weight excluding hydrogens is 1000 g/mol. The van der Waals surface area contributed by atoms with Gasteiger partial charge in [-0.2, -0.15) is 8.42 Å². The average molecular weight is 1070 g/mol. The van der Waals surface area contributed by atoms with Crippen LogP contribution in [0.2, 0.25) is 0 Å². The number of aromatic nitrogens is 1. The van der Waals surface area contributed by atoms with Crippen molar-refractivity contribution in [3.8, 4) is 11.1 Å². The number of anilines is 2. The van der Waals surface area contributed by atoms with Crippen LogP contribution in [0.4, 0.5) is 11.4 Å². The van der Waals surface area contributed by atoms with Crippen molar-refractivity contribution < 1.29 is 41.4 Å². The zero-order valence-electron chi connectivity index (χ0n) is 43.0. The van der Waals surface area contributed by atoms with Crippen molar-refractivity contribution >= 4 is 94.6 Å². The Morgan fingerprint density at radius 3 is 1.92 bits per heavy atom. The Morgan fingerprint density at radius 2 is 1.30 bits per heavy atom. The van der Waals surface area contributed by atoms with Crippen LogP contribution in [-0.2, 0) is 29.3 Å². The van der Waals surface area contributed by atoms with E-state index in [-0.39, 0.29) is 37.1 Å². The highest BCUT2D eigenvalue weighted by atomic mass is 33.1. The van der Waals surface area contributed by atoms with Crippen molar-refractivity contribution in [3.05, 3.63) is 90.6 Å². The van der Waals surface area contributed by atoms with Crippen molar-refractivity contribution in [1.29, 1.82) is 0 Å². The molecule has 1 unspecified atom stereocenters. The van der Waals surface area contributed by atoms with Gasteiger partial charge in [-0.25, -0.2) is 9.40 Å². The van der Waals surface area contributed by atoms with Gasteiger partial charge in [0.15, 0.2) is 0 Å². The molecule has 0 saturated carbocycles. The molecule has 3 heterocycles. The van der Waals surface area contributed by atoms with Crippen LogP contribution >= 0.6 is 21.6 Å². The van der Waals surface area contributed by atoms with E-state index < -0.39 is 33.7 Å². The molecule has 5 aromatic rings. The van der Waals surface area contributed by atoms with Crippen molar-refractivity contribution in [2.24, 2.45) is 0 Å². The number of unbranched alkanes of at least 4 members (excludes halogenated alkanes) is 3. The number of nitrogens with zero attached hydrogens (tertiary/aromatic N) is 5. The van der Waals surface area contributed by atoms with Crippen LogP contribution in [-0.4, -0.2) is 140 Å². The Labute approximate surface area is 443 Å². The van der Waals surface area contributed by atoms with Gasteiger partial charge < -0.3 is 35.6 Å². The Morgan fingerprint density at radius 1 is 0.703 bits per heavy atom. The molecule has 0 bridgehead atoms. The van der Waals surface area contributed by atoms with Crippen molar-refractivity contribution in [2.75, 3.05) is 86.8 Å². The summed E-state index contributed by atoms with van der Waals surface area (Å²) in [4.78, 5) is 78.1. The third-order valence-electron chi connectivity index (χ3n) is 13.0. The van der Waals surface area contributed by atoms with E-state index in [1.807, 2.05) is 42.5 Å². The number of hydrogen-bond acceptors (Lipinski definition) is 12. The van der Waals surface area contributed by atoms with Gasteiger partial charge in [-0.1, -0.05) is 41.5 Å². The third kappa shape index (κ3) is 16.5. The second-order valence-electron chi connectivity index (χ2n) is 18.0. The first kappa shape index (κ1) is 57.3. The Kier molecular flexibility index (Phi) is 22.2. The number of carbonyl (C=O) groups is 5. The minimum absolute atomic E-state index is 0.0672. The number of piperazine rings is 1. The van der Waals surface area contributed by atoms with E-state index in [9.17, 15) is 36.9 Å². The van der Waals surface area contributed by atoms with Gasteiger partial charge in [-0.05, 0) is 112 Å². The molecule has 1 fully saturated rings. The van der Waals surface area contributed by atoms with Crippen LogP contribution in [0.5, 0.6) is 0 Å². The predicted octanol–water partition coefficient (Wildman–Crippen LogP) is 8.07. The number of hydrogen-bond donors (Lipinski definition) is 4. The summed E-state index contributed by atoms with van der Waals surface area (Å²) in [6.07, 6.45) is 4.57. The summed E-state index contributed by atoms with van der Waals surface area (Å²) in [6.45, 7) is 14.0. The Bertz CT molecular complexity index is 2740. The highest BCUT2D eigenvalue weighted by Crippen LogP contribution is 2.41. The van der Waals surface area contributed by atoms with E-state index in [1.54, 1.807) is 37.6 Å². The molecule has 4 N–H and O–H groups in total. The normalized spacial score (nSPS) is 13.1. The number of nitrogens with one attached hydrogen (secondary N) is 3. The lowest BCUT2D eigenvalue weighted by Gasteiger charge is -2.35. The van der Waals surface area contributed by atoms with Gasteiger partial charge in [0.1, 0.15) is 16.8 Å². The smallest absolute Gasteiger partial charge is 0.363 e. The van der Waals surface area contributed by atoms with Gasteiger partial charge in [-0.3, -0.25) is 28.5 Å². The van der Waals surface area contributed by atoms with E-state index >= 15 is 0 Å².